The number of carbonyl (C=O) groups excluding carboxylic acids is 2. The summed E-state index contributed by atoms with van der Waals surface area (Å²) in [6.45, 7) is 1.88. The molecule has 0 aromatic heterocycles. The molecule has 10 nitrogen and oxygen atoms in total. The Balaban J connectivity index is 1.97. The molecular formula is C27H31N3O7S. The van der Waals surface area contributed by atoms with Gasteiger partial charge in [-0.15, -0.1) is 0 Å². The second-order valence-corrected chi connectivity index (χ2v) is 10.1. The maximum absolute atomic E-state index is 13.8. The van der Waals surface area contributed by atoms with Gasteiger partial charge in [-0.25, -0.2) is 8.42 Å². The fraction of sp³-hybridized carbons (Fsp3) is 0.259. The predicted octanol–water partition coefficient (Wildman–Crippen LogP) is 3.22. The third kappa shape index (κ3) is 6.81. The van der Waals surface area contributed by atoms with Gasteiger partial charge in [0, 0.05) is 19.7 Å². The Hall–Kier alpha value is -4.09. The Morgan fingerprint density at radius 1 is 0.921 bits per heavy atom. The van der Waals surface area contributed by atoms with E-state index in [1.807, 2.05) is 6.92 Å². The van der Waals surface area contributed by atoms with Crippen LogP contribution >= 0.6 is 0 Å². The fourth-order valence-corrected chi connectivity index (χ4v) is 5.03. The molecule has 38 heavy (non-hydrogen) atoms. The van der Waals surface area contributed by atoms with Crippen LogP contribution in [0.1, 0.15) is 15.9 Å². The predicted molar refractivity (Wildman–Crippen MR) is 145 cm³/mol. The second-order valence-electron chi connectivity index (χ2n) is 8.20. The van der Waals surface area contributed by atoms with E-state index < -0.39 is 28.4 Å². The lowest BCUT2D eigenvalue weighted by Crippen LogP contribution is -2.38. The molecule has 3 rings (SSSR count). The van der Waals surface area contributed by atoms with Gasteiger partial charge in [-0.05, 0) is 43.3 Å². The van der Waals surface area contributed by atoms with Gasteiger partial charge >= 0.3 is 0 Å². The van der Waals surface area contributed by atoms with Crippen LogP contribution in [-0.2, 0) is 19.6 Å². The van der Waals surface area contributed by atoms with Crippen molar-refractivity contribution in [2.45, 2.75) is 11.8 Å². The first-order valence-corrected chi connectivity index (χ1v) is 13.1. The summed E-state index contributed by atoms with van der Waals surface area (Å²) in [7, 11) is 0.203. The number of anilines is 2. The molecule has 0 aliphatic rings. The summed E-state index contributed by atoms with van der Waals surface area (Å²) in [5, 5.41) is 5.38. The first-order valence-electron chi connectivity index (χ1n) is 11.7. The summed E-state index contributed by atoms with van der Waals surface area (Å²) in [5.74, 6) is -0.406. The van der Waals surface area contributed by atoms with Gasteiger partial charge in [-0.3, -0.25) is 13.9 Å². The van der Waals surface area contributed by atoms with Gasteiger partial charge in [0.05, 0.1) is 42.7 Å². The summed E-state index contributed by atoms with van der Waals surface area (Å²) in [6.07, 6.45) is 0. The minimum atomic E-state index is -4.19. The summed E-state index contributed by atoms with van der Waals surface area (Å²) in [6, 6.07) is 17.4. The minimum Gasteiger partial charge on any atom is -0.497 e. The Labute approximate surface area is 222 Å². The first kappa shape index (κ1) is 28.5. The molecule has 2 N–H and O–H groups in total. The molecule has 0 saturated carbocycles. The van der Waals surface area contributed by atoms with Gasteiger partial charge < -0.3 is 24.8 Å². The molecule has 0 radical (unpaired) electrons. The highest BCUT2D eigenvalue weighted by Crippen LogP contribution is 2.35. The van der Waals surface area contributed by atoms with E-state index in [0.29, 0.717) is 12.4 Å². The summed E-state index contributed by atoms with van der Waals surface area (Å²) in [5.41, 5.74) is 1.50. The normalized spacial score (nSPS) is 10.9. The maximum Gasteiger partial charge on any atom is 0.264 e. The molecule has 0 aliphatic heterocycles. The van der Waals surface area contributed by atoms with Crippen LogP contribution in [0.5, 0.6) is 11.5 Å². The molecule has 0 saturated heterocycles. The van der Waals surface area contributed by atoms with Crippen LogP contribution in [0.25, 0.3) is 0 Å². The van der Waals surface area contributed by atoms with E-state index in [1.54, 1.807) is 42.5 Å². The minimum absolute atomic E-state index is 0.00620. The highest BCUT2D eigenvalue weighted by Gasteiger charge is 2.30. The largest absolute Gasteiger partial charge is 0.497 e. The molecular weight excluding hydrogens is 510 g/mol. The van der Waals surface area contributed by atoms with Crippen LogP contribution in [0.2, 0.25) is 0 Å². The Bertz CT molecular complexity index is 1380. The lowest BCUT2D eigenvalue weighted by atomic mass is 10.1. The van der Waals surface area contributed by atoms with Crippen LogP contribution in [0, 0.1) is 6.92 Å². The molecule has 0 bridgehead atoms. The molecule has 0 atom stereocenters. The summed E-state index contributed by atoms with van der Waals surface area (Å²) >= 11 is 0. The molecule has 11 heteroatoms. The number of nitrogens with zero attached hydrogens (tertiary/aromatic N) is 1. The number of methoxy groups -OCH3 is 3. The van der Waals surface area contributed by atoms with Crippen molar-refractivity contribution in [3.63, 3.8) is 0 Å². The SMILES string of the molecule is COCCNC(=O)c1ccccc1NC(=O)CN(c1ccc(OC)cc1OC)S(=O)(=O)c1ccc(C)cc1. The van der Waals surface area contributed by atoms with Crippen LogP contribution in [0.3, 0.4) is 0 Å². The van der Waals surface area contributed by atoms with E-state index >= 15 is 0 Å². The van der Waals surface area contributed by atoms with E-state index in [0.717, 1.165) is 9.87 Å². The van der Waals surface area contributed by atoms with E-state index in [2.05, 4.69) is 10.6 Å². The van der Waals surface area contributed by atoms with Crippen molar-refractivity contribution in [3.05, 3.63) is 77.9 Å². The third-order valence-corrected chi connectivity index (χ3v) is 7.36. The van der Waals surface area contributed by atoms with Crippen molar-refractivity contribution in [2.24, 2.45) is 0 Å². The number of amides is 2. The standard InChI is InChI=1S/C27H31N3O7S/c1-19-9-12-21(13-10-19)38(33,34)30(24-14-11-20(36-3)17-25(24)37-4)18-26(31)29-23-8-6-5-7-22(23)27(32)28-15-16-35-2/h5-14,17H,15-16,18H2,1-4H3,(H,28,32)(H,29,31). The number of ether oxygens (including phenoxy) is 3. The van der Waals surface area contributed by atoms with E-state index in [-0.39, 0.29) is 34.1 Å². The molecule has 0 aliphatic carbocycles. The van der Waals surface area contributed by atoms with E-state index in [9.17, 15) is 18.0 Å². The lowest BCUT2D eigenvalue weighted by Gasteiger charge is -2.26. The van der Waals surface area contributed by atoms with Gasteiger partial charge in [-0.2, -0.15) is 0 Å². The topological polar surface area (TPSA) is 123 Å². The first-order chi connectivity index (χ1) is 18.2. The molecule has 2 amide bonds. The zero-order chi connectivity index (χ0) is 27.7. The molecule has 3 aromatic rings. The van der Waals surface area contributed by atoms with Crippen LogP contribution in [0.4, 0.5) is 11.4 Å². The lowest BCUT2D eigenvalue weighted by molar-refractivity contribution is -0.114. The van der Waals surface area contributed by atoms with E-state index in [4.69, 9.17) is 14.2 Å². The molecule has 0 spiro atoms. The third-order valence-electron chi connectivity index (χ3n) is 5.59. The number of aryl methyl sites for hydroxylation is 1. The van der Waals surface area contributed by atoms with Crippen molar-refractivity contribution in [1.29, 1.82) is 0 Å². The van der Waals surface area contributed by atoms with Crippen molar-refractivity contribution >= 4 is 33.2 Å². The summed E-state index contributed by atoms with van der Waals surface area (Å²) in [4.78, 5) is 25.9. The number of sulfonamides is 1. The molecule has 0 heterocycles. The zero-order valence-electron chi connectivity index (χ0n) is 21.7. The Morgan fingerprint density at radius 2 is 1.63 bits per heavy atom. The highest BCUT2D eigenvalue weighted by atomic mass is 32.2. The number of para-hydroxylation sites is 1. The second kappa shape index (κ2) is 12.9. The molecule has 0 unspecified atom stereocenters. The number of hydrogen-bond acceptors (Lipinski definition) is 7. The van der Waals surface area contributed by atoms with Crippen LogP contribution in [0.15, 0.2) is 71.6 Å². The number of nitrogens with one attached hydrogen (secondary N) is 2. The maximum atomic E-state index is 13.8. The van der Waals surface area contributed by atoms with Crippen molar-refractivity contribution in [1.82, 2.24) is 5.32 Å². The van der Waals surface area contributed by atoms with Crippen molar-refractivity contribution in [2.75, 3.05) is 50.6 Å². The Morgan fingerprint density at radius 3 is 2.29 bits per heavy atom. The molecule has 3 aromatic carbocycles. The van der Waals surface area contributed by atoms with Gasteiger partial charge in [0.1, 0.15) is 18.0 Å². The smallest absolute Gasteiger partial charge is 0.264 e. The van der Waals surface area contributed by atoms with Gasteiger partial charge in [0.15, 0.2) is 0 Å². The quantitative estimate of drug-likeness (QED) is 0.338. The number of hydrogen-bond donors (Lipinski definition) is 2. The van der Waals surface area contributed by atoms with Crippen LogP contribution in [-0.4, -0.2) is 61.3 Å². The van der Waals surface area contributed by atoms with Gasteiger partial charge in [-0.1, -0.05) is 29.8 Å². The van der Waals surface area contributed by atoms with Crippen LogP contribution < -0.4 is 24.4 Å². The number of rotatable bonds is 12. The number of carbonyl (C=O) groups is 2. The van der Waals surface area contributed by atoms with Gasteiger partial charge in [0.25, 0.3) is 15.9 Å². The monoisotopic (exact) mass is 541 g/mol. The average Bonchev–Trinajstić information content (AvgIpc) is 2.92. The Kier molecular flexibility index (Phi) is 9.69. The van der Waals surface area contributed by atoms with Crippen molar-refractivity contribution < 1.29 is 32.2 Å². The highest BCUT2D eigenvalue weighted by molar-refractivity contribution is 7.92. The van der Waals surface area contributed by atoms with E-state index in [1.165, 1.54) is 45.6 Å². The van der Waals surface area contributed by atoms with Crippen molar-refractivity contribution in [3.8, 4) is 11.5 Å². The fourth-order valence-electron chi connectivity index (χ4n) is 3.60. The zero-order valence-corrected chi connectivity index (χ0v) is 22.5. The molecule has 0 fully saturated rings. The van der Waals surface area contributed by atoms with Gasteiger partial charge in [0.2, 0.25) is 5.91 Å². The number of benzene rings is 3. The average molecular weight is 542 g/mol. The summed E-state index contributed by atoms with van der Waals surface area (Å²) < 4.78 is 44.1. The molecule has 202 valence electrons.